The Hall–Kier alpha value is -0.860. The van der Waals surface area contributed by atoms with Crippen LogP contribution in [0.2, 0.25) is 0 Å². The van der Waals surface area contributed by atoms with E-state index in [0.717, 1.165) is 6.61 Å². The highest BCUT2D eigenvalue weighted by Crippen LogP contribution is 2.31. The van der Waals surface area contributed by atoms with Gasteiger partial charge in [-0.15, -0.1) is 0 Å². The van der Waals surface area contributed by atoms with Gasteiger partial charge in [-0.3, -0.25) is 0 Å². The van der Waals surface area contributed by atoms with Crippen LogP contribution in [0.1, 0.15) is 30.2 Å². The maximum atomic E-state index is 5.65. The number of nitrogens with one attached hydrogen (secondary N) is 1. The second-order valence-electron chi connectivity index (χ2n) is 3.45. The van der Waals surface area contributed by atoms with Crippen molar-refractivity contribution in [3.63, 3.8) is 0 Å². The minimum absolute atomic E-state index is 0.237. The fraction of sp³-hybridized carbons (Fsp3) is 0.455. The van der Waals surface area contributed by atoms with Gasteiger partial charge in [-0.05, 0) is 25.1 Å². The number of ether oxygens (including phenoxy) is 1. The molecule has 0 aromatic heterocycles. The Labute approximate surface area is 78.9 Å². The van der Waals surface area contributed by atoms with Crippen LogP contribution in [0.5, 0.6) is 0 Å². The van der Waals surface area contributed by atoms with Crippen molar-refractivity contribution in [1.82, 2.24) is 5.32 Å². The molecule has 70 valence electrons. The van der Waals surface area contributed by atoms with E-state index in [0.29, 0.717) is 6.04 Å². The van der Waals surface area contributed by atoms with Crippen LogP contribution >= 0.6 is 0 Å². The monoisotopic (exact) mass is 177 g/mol. The Kier molecular flexibility index (Phi) is 2.34. The molecule has 13 heavy (non-hydrogen) atoms. The summed E-state index contributed by atoms with van der Waals surface area (Å²) in [6.45, 7) is 2.87. The van der Waals surface area contributed by atoms with E-state index in [1.54, 1.807) is 0 Å². The molecular weight excluding hydrogens is 162 g/mol. The zero-order chi connectivity index (χ0) is 9.26. The van der Waals surface area contributed by atoms with Gasteiger partial charge in [0.25, 0.3) is 0 Å². The van der Waals surface area contributed by atoms with E-state index in [1.807, 2.05) is 7.05 Å². The minimum Gasteiger partial charge on any atom is -0.372 e. The van der Waals surface area contributed by atoms with Crippen molar-refractivity contribution in [2.75, 3.05) is 13.7 Å². The van der Waals surface area contributed by atoms with Crippen molar-refractivity contribution in [3.05, 3.63) is 35.4 Å². The Bertz CT molecular complexity index is 298. The Morgan fingerprint density at radius 1 is 1.31 bits per heavy atom. The molecular formula is C11H15NO. The van der Waals surface area contributed by atoms with Gasteiger partial charge >= 0.3 is 0 Å². The highest BCUT2D eigenvalue weighted by atomic mass is 16.5. The van der Waals surface area contributed by atoms with Gasteiger partial charge in [0.15, 0.2) is 0 Å². The van der Waals surface area contributed by atoms with Crippen molar-refractivity contribution < 1.29 is 4.74 Å². The summed E-state index contributed by atoms with van der Waals surface area (Å²) in [5, 5.41) is 3.26. The average molecular weight is 177 g/mol. The lowest BCUT2D eigenvalue weighted by molar-refractivity contribution is 0.0346. The first-order chi connectivity index (χ1) is 6.33. The number of likely N-dealkylation sites (N-methyl/N-ethyl adjacent to an activating group) is 1. The van der Waals surface area contributed by atoms with E-state index in [-0.39, 0.29) is 6.10 Å². The van der Waals surface area contributed by atoms with Crippen LogP contribution in [0.4, 0.5) is 0 Å². The maximum absolute atomic E-state index is 5.65. The number of hydrogen-bond acceptors (Lipinski definition) is 2. The third-order valence-electron chi connectivity index (χ3n) is 2.67. The molecule has 1 N–H and O–H groups in total. The predicted octanol–water partition coefficient (Wildman–Crippen LogP) is 2.04. The molecule has 0 aliphatic carbocycles. The van der Waals surface area contributed by atoms with Crippen molar-refractivity contribution >= 4 is 0 Å². The van der Waals surface area contributed by atoms with E-state index in [1.165, 1.54) is 11.1 Å². The molecule has 0 bridgehead atoms. The van der Waals surface area contributed by atoms with Gasteiger partial charge < -0.3 is 10.1 Å². The first-order valence-corrected chi connectivity index (χ1v) is 4.70. The van der Waals surface area contributed by atoms with Gasteiger partial charge in [0.1, 0.15) is 0 Å². The molecule has 2 rings (SSSR count). The molecule has 0 fully saturated rings. The summed E-state index contributed by atoms with van der Waals surface area (Å²) in [5.41, 5.74) is 2.69. The van der Waals surface area contributed by atoms with Crippen LogP contribution < -0.4 is 5.32 Å². The smallest absolute Gasteiger partial charge is 0.0801 e. The van der Waals surface area contributed by atoms with Gasteiger partial charge in [-0.1, -0.05) is 24.3 Å². The summed E-state index contributed by atoms with van der Waals surface area (Å²) < 4.78 is 5.65. The van der Waals surface area contributed by atoms with Crippen LogP contribution in [0, 0.1) is 0 Å². The van der Waals surface area contributed by atoms with Crippen molar-refractivity contribution in [3.8, 4) is 0 Å². The molecule has 0 saturated heterocycles. The molecule has 0 amide bonds. The van der Waals surface area contributed by atoms with E-state index >= 15 is 0 Å². The van der Waals surface area contributed by atoms with Crippen LogP contribution in [0.3, 0.4) is 0 Å². The van der Waals surface area contributed by atoms with Crippen LogP contribution in [0.15, 0.2) is 24.3 Å². The quantitative estimate of drug-likeness (QED) is 0.708. The molecule has 1 aromatic rings. The summed E-state index contributed by atoms with van der Waals surface area (Å²) in [4.78, 5) is 0. The lowest BCUT2D eigenvalue weighted by Crippen LogP contribution is -2.28. The molecule has 1 aliphatic heterocycles. The van der Waals surface area contributed by atoms with Gasteiger partial charge in [0, 0.05) is 0 Å². The largest absolute Gasteiger partial charge is 0.372 e. The molecule has 2 heteroatoms. The summed E-state index contributed by atoms with van der Waals surface area (Å²) in [6, 6.07) is 8.82. The average Bonchev–Trinajstić information content (AvgIpc) is 2.19. The summed E-state index contributed by atoms with van der Waals surface area (Å²) in [7, 11) is 1.97. The molecule has 0 unspecified atom stereocenters. The van der Waals surface area contributed by atoms with Gasteiger partial charge in [-0.2, -0.15) is 0 Å². The molecule has 1 aromatic carbocycles. The minimum atomic E-state index is 0.237. The zero-order valence-corrected chi connectivity index (χ0v) is 8.08. The van der Waals surface area contributed by atoms with Gasteiger partial charge in [-0.25, -0.2) is 0 Å². The Morgan fingerprint density at radius 3 is 2.69 bits per heavy atom. The third kappa shape index (κ3) is 1.47. The highest BCUT2D eigenvalue weighted by molar-refractivity contribution is 5.33. The number of rotatable bonds is 1. The molecule has 0 radical (unpaired) electrons. The van der Waals surface area contributed by atoms with E-state index in [9.17, 15) is 0 Å². The Morgan fingerprint density at radius 2 is 2.00 bits per heavy atom. The van der Waals surface area contributed by atoms with E-state index in [4.69, 9.17) is 4.74 Å². The lowest BCUT2D eigenvalue weighted by Gasteiger charge is -2.29. The number of hydrogen-bond donors (Lipinski definition) is 1. The second kappa shape index (κ2) is 3.48. The topological polar surface area (TPSA) is 21.3 Å². The normalized spacial score (nSPS) is 26.9. The first-order valence-electron chi connectivity index (χ1n) is 4.70. The van der Waals surface area contributed by atoms with Crippen molar-refractivity contribution in [2.24, 2.45) is 0 Å². The van der Waals surface area contributed by atoms with Crippen LogP contribution in [-0.2, 0) is 4.74 Å². The first kappa shape index (κ1) is 8.73. The third-order valence-corrected chi connectivity index (χ3v) is 2.67. The predicted molar refractivity (Wildman–Crippen MR) is 52.6 cm³/mol. The van der Waals surface area contributed by atoms with Crippen molar-refractivity contribution in [2.45, 2.75) is 19.1 Å². The fourth-order valence-corrected chi connectivity index (χ4v) is 1.86. The standard InChI is InChI=1S/C11H15NO/c1-8-9-5-3-4-6-10(9)11(12-2)7-13-8/h3-6,8,11-12H,7H2,1-2H3/t8-,11-/m0/s1. The number of fused-ring (bicyclic) bond motifs is 1. The molecule has 1 heterocycles. The summed E-state index contributed by atoms with van der Waals surface area (Å²) in [6.07, 6.45) is 0.237. The van der Waals surface area contributed by atoms with Crippen molar-refractivity contribution in [1.29, 1.82) is 0 Å². The molecule has 2 nitrogen and oxygen atoms in total. The summed E-state index contributed by atoms with van der Waals surface area (Å²) >= 11 is 0. The van der Waals surface area contributed by atoms with E-state index in [2.05, 4.69) is 36.5 Å². The Balaban J connectivity index is 2.42. The second-order valence-corrected chi connectivity index (χ2v) is 3.45. The van der Waals surface area contributed by atoms with Gasteiger partial charge in [0.05, 0.1) is 18.8 Å². The van der Waals surface area contributed by atoms with Crippen LogP contribution in [-0.4, -0.2) is 13.7 Å². The highest BCUT2D eigenvalue weighted by Gasteiger charge is 2.23. The zero-order valence-electron chi connectivity index (χ0n) is 8.08. The SMILES string of the molecule is CN[C@H]1CO[C@@H](C)c2ccccc21. The molecule has 0 spiro atoms. The fourth-order valence-electron chi connectivity index (χ4n) is 1.86. The number of benzene rings is 1. The van der Waals surface area contributed by atoms with Gasteiger partial charge in [0.2, 0.25) is 0 Å². The lowest BCUT2D eigenvalue weighted by atomic mass is 9.95. The molecule has 2 atom stereocenters. The maximum Gasteiger partial charge on any atom is 0.0801 e. The summed E-state index contributed by atoms with van der Waals surface area (Å²) in [5.74, 6) is 0. The molecule has 0 saturated carbocycles. The molecule has 1 aliphatic rings. The van der Waals surface area contributed by atoms with E-state index < -0.39 is 0 Å². The van der Waals surface area contributed by atoms with Crippen LogP contribution in [0.25, 0.3) is 0 Å².